The molecule has 0 aliphatic heterocycles. The van der Waals surface area contributed by atoms with E-state index in [9.17, 15) is 9.59 Å². The lowest BCUT2D eigenvalue weighted by Gasteiger charge is -2.18. The lowest BCUT2D eigenvalue weighted by atomic mass is 10.3. The Balaban J connectivity index is 2.49. The van der Waals surface area contributed by atoms with Crippen molar-refractivity contribution in [2.75, 3.05) is 25.0 Å². The molecule has 100 valence electrons. The summed E-state index contributed by atoms with van der Waals surface area (Å²) in [6.45, 7) is 5.73. The molecule has 0 fully saturated rings. The first-order valence-electron chi connectivity index (χ1n) is 6.13. The van der Waals surface area contributed by atoms with E-state index in [0.717, 1.165) is 0 Å². The van der Waals surface area contributed by atoms with Gasteiger partial charge in [-0.1, -0.05) is 0 Å². The minimum Gasteiger partial charge on any atom is -0.365 e. The van der Waals surface area contributed by atoms with Crippen LogP contribution in [-0.4, -0.2) is 40.0 Å². The van der Waals surface area contributed by atoms with Crippen LogP contribution >= 0.6 is 0 Å². The second-order valence-corrected chi connectivity index (χ2v) is 3.93. The van der Waals surface area contributed by atoms with Crippen molar-refractivity contribution in [3.63, 3.8) is 0 Å². The van der Waals surface area contributed by atoms with Gasteiger partial charge in [-0.3, -0.25) is 9.59 Å². The monoisotopic (exact) mass is 252 g/mol. The Bertz CT molecular complexity index is 452. The highest BCUT2D eigenvalue weighted by Gasteiger charge is 2.09. The van der Waals surface area contributed by atoms with Crippen LogP contribution in [0.3, 0.4) is 0 Å². The fraction of sp³-hybridized carbons (Fsp3) is 0.583. The summed E-state index contributed by atoms with van der Waals surface area (Å²) in [5.74, 6) is 0.368. The second kappa shape index (κ2) is 6.78. The summed E-state index contributed by atoms with van der Waals surface area (Å²) in [5.41, 5.74) is -0.187. The molecule has 0 saturated carbocycles. The van der Waals surface area contributed by atoms with Crippen molar-refractivity contribution < 1.29 is 4.79 Å². The van der Waals surface area contributed by atoms with Crippen LogP contribution in [0.15, 0.2) is 17.2 Å². The van der Waals surface area contributed by atoms with Gasteiger partial charge in [0.05, 0.1) is 0 Å². The van der Waals surface area contributed by atoms with Gasteiger partial charge in [0.1, 0.15) is 0 Å². The Morgan fingerprint density at radius 2 is 2.11 bits per heavy atom. The molecule has 0 atom stereocenters. The van der Waals surface area contributed by atoms with E-state index in [-0.39, 0.29) is 17.3 Å². The van der Waals surface area contributed by atoms with E-state index in [2.05, 4.69) is 10.3 Å². The zero-order chi connectivity index (χ0) is 13.5. The number of aromatic nitrogens is 2. The van der Waals surface area contributed by atoms with Crippen LogP contribution in [0.4, 0.5) is 5.82 Å². The predicted molar refractivity (Wildman–Crippen MR) is 70.5 cm³/mol. The Labute approximate surface area is 107 Å². The number of carbonyl (C=O) groups is 1. The zero-order valence-electron chi connectivity index (χ0n) is 11.1. The third-order valence-electron chi connectivity index (χ3n) is 2.76. The number of anilines is 1. The molecular weight excluding hydrogens is 232 g/mol. The Morgan fingerprint density at radius 3 is 2.72 bits per heavy atom. The molecule has 0 radical (unpaired) electrons. The molecule has 1 amide bonds. The van der Waals surface area contributed by atoms with E-state index >= 15 is 0 Å². The summed E-state index contributed by atoms with van der Waals surface area (Å²) >= 11 is 0. The van der Waals surface area contributed by atoms with Crippen molar-refractivity contribution in [2.24, 2.45) is 7.05 Å². The SMILES string of the molecule is CCN(CC)C(=O)CCNc1nccn(C)c1=O. The van der Waals surface area contributed by atoms with Gasteiger partial charge in [0.2, 0.25) is 5.91 Å². The van der Waals surface area contributed by atoms with Crippen LogP contribution in [0.1, 0.15) is 20.3 Å². The molecule has 0 saturated heterocycles. The minimum absolute atomic E-state index is 0.0836. The van der Waals surface area contributed by atoms with E-state index in [0.29, 0.717) is 26.1 Å². The van der Waals surface area contributed by atoms with Crippen molar-refractivity contribution in [3.8, 4) is 0 Å². The van der Waals surface area contributed by atoms with Gasteiger partial charge < -0.3 is 14.8 Å². The number of amides is 1. The standard InChI is InChI=1S/C12H20N4O2/c1-4-16(5-2)10(17)6-7-13-11-12(18)15(3)9-8-14-11/h8-9H,4-7H2,1-3H3,(H,13,14). The van der Waals surface area contributed by atoms with Crippen molar-refractivity contribution in [3.05, 3.63) is 22.7 Å². The number of nitrogens with one attached hydrogen (secondary N) is 1. The van der Waals surface area contributed by atoms with Crippen LogP contribution in [0.5, 0.6) is 0 Å². The summed E-state index contributed by atoms with van der Waals surface area (Å²) < 4.78 is 1.45. The first-order valence-corrected chi connectivity index (χ1v) is 6.13. The van der Waals surface area contributed by atoms with Crippen molar-refractivity contribution in [1.82, 2.24) is 14.5 Å². The predicted octanol–water partition coefficient (Wildman–Crippen LogP) is 0.451. The van der Waals surface area contributed by atoms with E-state index in [1.807, 2.05) is 13.8 Å². The number of aryl methyl sites for hydroxylation is 1. The molecule has 0 aromatic carbocycles. The van der Waals surface area contributed by atoms with Crippen LogP contribution in [0.25, 0.3) is 0 Å². The quantitative estimate of drug-likeness (QED) is 0.798. The molecule has 0 aliphatic carbocycles. The fourth-order valence-corrected chi connectivity index (χ4v) is 1.64. The molecule has 0 aliphatic rings. The van der Waals surface area contributed by atoms with Gasteiger partial charge in [0.15, 0.2) is 5.82 Å². The molecule has 1 heterocycles. The molecule has 6 heteroatoms. The summed E-state index contributed by atoms with van der Waals surface area (Å²) in [6.07, 6.45) is 3.51. The lowest BCUT2D eigenvalue weighted by Crippen LogP contribution is -2.32. The first kappa shape index (κ1) is 14.2. The van der Waals surface area contributed by atoms with E-state index in [1.54, 1.807) is 24.3 Å². The maximum absolute atomic E-state index is 11.7. The number of hydrogen-bond acceptors (Lipinski definition) is 4. The van der Waals surface area contributed by atoms with Crippen LogP contribution in [0.2, 0.25) is 0 Å². The third kappa shape index (κ3) is 3.58. The van der Waals surface area contributed by atoms with E-state index in [1.165, 1.54) is 4.57 Å². The topological polar surface area (TPSA) is 67.2 Å². The average Bonchev–Trinajstić information content (AvgIpc) is 2.36. The van der Waals surface area contributed by atoms with Gasteiger partial charge in [-0.15, -0.1) is 0 Å². The maximum Gasteiger partial charge on any atom is 0.293 e. The van der Waals surface area contributed by atoms with Crippen molar-refractivity contribution >= 4 is 11.7 Å². The number of rotatable bonds is 6. The normalized spacial score (nSPS) is 10.2. The molecule has 1 aromatic heterocycles. The van der Waals surface area contributed by atoms with Gasteiger partial charge in [-0.05, 0) is 13.8 Å². The van der Waals surface area contributed by atoms with Crippen LogP contribution in [-0.2, 0) is 11.8 Å². The molecule has 1 N–H and O–H groups in total. The Hall–Kier alpha value is -1.85. The fourth-order valence-electron chi connectivity index (χ4n) is 1.64. The van der Waals surface area contributed by atoms with Gasteiger partial charge in [0, 0.05) is 45.5 Å². The number of hydrogen-bond donors (Lipinski definition) is 1. The molecule has 1 rings (SSSR count). The summed E-state index contributed by atoms with van der Waals surface area (Å²) in [6, 6.07) is 0. The highest BCUT2D eigenvalue weighted by atomic mass is 16.2. The van der Waals surface area contributed by atoms with Crippen LogP contribution < -0.4 is 10.9 Å². The smallest absolute Gasteiger partial charge is 0.293 e. The number of carbonyl (C=O) groups excluding carboxylic acids is 1. The Kier molecular flexibility index (Phi) is 5.35. The number of nitrogens with zero attached hydrogens (tertiary/aromatic N) is 3. The van der Waals surface area contributed by atoms with Crippen LogP contribution in [0, 0.1) is 0 Å². The molecule has 0 unspecified atom stereocenters. The summed E-state index contributed by atoms with van der Waals surface area (Å²) in [5, 5.41) is 2.90. The largest absolute Gasteiger partial charge is 0.365 e. The highest BCUT2D eigenvalue weighted by Crippen LogP contribution is 1.96. The van der Waals surface area contributed by atoms with Gasteiger partial charge >= 0.3 is 0 Å². The van der Waals surface area contributed by atoms with E-state index in [4.69, 9.17) is 0 Å². The van der Waals surface area contributed by atoms with Crippen molar-refractivity contribution in [2.45, 2.75) is 20.3 Å². The van der Waals surface area contributed by atoms with Gasteiger partial charge in [-0.2, -0.15) is 0 Å². The maximum atomic E-state index is 11.7. The molecule has 1 aromatic rings. The molecule has 0 spiro atoms. The first-order chi connectivity index (χ1) is 8.60. The lowest BCUT2D eigenvalue weighted by molar-refractivity contribution is -0.130. The van der Waals surface area contributed by atoms with Gasteiger partial charge in [0.25, 0.3) is 5.56 Å². The molecular formula is C12H20N4O2. The third-order valence-corrected chi connectivity index (χ3v) is 2.76. The second-order valence-electron chi connectivity index (χ2n) is 3.93. The van der Waals surface area contributed by atoms with Gasteiger partial charge in [-0.25, -0.2) is 4.98 Å². The minimum atomic E-state index is -0.187. The molecule has 18 heavy (non-hydrogen) atoms. The Morgan fingerprint density at radius 1 is 1.44 bits per heavy atom. The summed E-state index contributed by atoms with van der Waals surface area (Å²) in [4.78, 5) is 29.1. The van der Waals surface area contributed by atoms with E-state index < -0.39 is 0 Å². The molecule has 6 nitrogen and oxygen atoms in total. The zero-order valence-corrected chi connectivity index (χ0v) is 11.1. The average molecular weight is 252 g/mol. The summed E-state index contributed by atoms with van der Waals surface area (Å²) in [7, 11) is 1.66. The highest BCUT2D eigenvalue weighted by molar-refractivity contribution is 5.76. The van der Waals surface area contributed by atoms with Crippen molar-refractivity contribution in [1.29, 1.82) is 0 Å². The molecule has 0 bridgehead atoms.